The number of esters is 5. The zero-order valence-corrected chi connectivity index (χ0v) is 37.2. The molecule has 1 aromatic carbocycles. The summed E-state index contributed by atoms with van der Waals surface area (Å²) in [4.78, 5) is 94.0. The Morgan fingerprint density at radius 3 is 1.14 bits per heavy atom. The van der Waals surface area contributed by atoms with Gasteiger partial charge in [-0.05, 0) is 101 Å². The molecule has 15 heteroatoms. The van der Waals surface area contributed by atoms with E-state index in [4.69, 9.17) is 23.7 Å². The van der Waals surface area contributed by atoms with Crippen molar-refractivity contribution in [3.05, 3.63) is 35.4 Å². The molecular weight excluding hydrogens is 750 g/mol. The number of benzene rings is 1. The van der Waals surface area contributed by atoms with Gasteiger partial charge < -0.3 is 28.5 Å². The molecule has 0 fully saturated rings. The fourth-order valence-electron chi connectivity index (χ4n) is 5.36. The van der Waals surface area contributed by atoms with Crippen molar-refractivity contribution in [2.75, 3.05) is 58.9 Å². The van der Waals surface area contributed by atoms with E-state index in [-0.39, 0.29) is 96.3 Å². The summed E-state index contributed by atoms with van der Waals surface area (Å²) >= 11 is 0. The third-order valence-corrected chi connectivity index (χ3v) is 7.56. The van der Waals surface area contributed by atoms with E-state index in [1.807, 2.05) is 0 Å². The van der Waals surface area contributed by atoms with E-state index in [2.05, 4.69) is 0 Å². The number of carbonyl (C=O) groups is 7. The van der Waals surface area contributed by atoms with Gasteiger partial charge in [0.2, 0.25) is 0 Å². The predicted molar refractivity (Wildman–Crippen MR) is 218 cm³/mol. The molecule has 0 N–H and O–H groups in total. The fourth-order valence-corrected chi connectivity index (χ4v) is 5.36. The molecule has 328 valence electrons. The average molecular weight is 820 g/mol. The minimum atomic E-state index is -0.767. The Hall–Kier alpha value is -4.21. The normalized spacial score (nSPS) is 12.3. The maximum absolute atomic E-state index is 13.5. The molecule has 0 aromatic heterocycles. The molecular formula is C43H69N3O12. The SMILES string of the molecule is CC(=O)CCC(=O)Cc1ccccc1COC(=O)CN(CCN(CC(=O)OC(C)(C)C)CC(=O)OC(C)(C)C)CCN(CC(=O)OC(C)(C)C)CC(=O)OC(C)(C)C. The van der Waals surface area contributed by atoms with Crippen LogP contribution in [0.5, 0.6) is 0 Å². The van der Waals surface area contributed by atoms with Crippen LogP contribution in [0.2, 0.25) is 0 Å². The van der Waals surface area contributed by atoms with Crippen molar-refractivity contribution in [3.8, 4) is 0 Å². The standard InChI is InChI=1S/C43H69N3O12/c1-31(47)18-19-34(48)24-32-16-14-15-17-33(32)30-54-35(49)25-44(20-22-45(26-36(50)55-40(2,3)4)27-37(51)56-41(5,6)7)21-23-46(28-38(52)57-42(8,9)10)29-39(53)58-43(11,12)13/h14-17H,18-30H2,1-13H3. The molecule has 0 radical (unpaired) electrons. The molecule has 1 aromatic rings. The van der Waals surface area contributed by atoms with Gasteiger partial charge in [0.05, 0.1) is 32.7 Å². The molecule has 0 unspecified atom stereocenters. The minimum Gasteiger partial charge on any atom is -0.460 e. The van der Waals surface area contributed by atoms with Crippen molar-refractivity contribution in [2.24, 2.45) is 0 Å². The molecule has 0 aliphatic heterocycles. The van der Waals surface area contributed by atoms with Gasteiger partial charge in [0.25, 0.3) is 0 Å². The molecule has 0 atom stereocenters. The molecule has 0 saturated heterocycles. The Balaban J connectivity index is 3.36. The van der Waals surface area contributed by atoms with Crippen LogP contribution in [0.25, 0.3) is 0 Å². The average Bonchev–Trinajstić information content (AvgIpc) is 3.00. The van der Waals surface area contributed by atoms with E-state index < -0.39 is 52.3 Å². The number of carbonyl (C=O) groups excluding carboxylic acids is 7. The largest absolute Gasteiger partial charge is 0.460 e. The molecule has 0 amide bonds. The van der Waals surface area contributed by atoms with Crippen LogP contribution in [-0.2, 0) is 70.3 Å². The third-order valence-electron chi connectivity index (χ3n) is 7.56. The van der Waals surface area contributed by atoms with Crippen LogP contribution in [0.15, 0.2) is 24.3 Å². The van der Waals surface area contributed by atoms with Crippen LogP contribution in [-0.4, -0.2) is 137 Å². The van der Waals surface area contributed by atoms with Crippen molar-refractivity contribution in [3.63, 3.8) is 0 Å². The van der Waals surface area contributed by atoms with Crippen LogP contribution < -0.4 is 0 Å². The first-order valence-electron chi connectivity index (χ1n) is 19.8. The van der Waals surface area contributed by atoms with Crippen LogP contribution in [0, 0.1) is 0 Å². The molecule has 58 heavy (non-hydrogen) atoms. The molecule has 1 rings (SSSR count). The Morgan fingerprint density at radius 2 is 0.793 bits per heavy atom. The topological polar surface area (TPSA) is 175 Å². The lowest BCUT2D eigenvalue weighted by molar-refractivity contribution is -0.162. The number of ketones is 2. The van der Waals surface area contributed by atoms with E-state index in [0.29, 0.717) is 11.1 Å². The second-order valence-corrected chi connectivity index (χ2v) is 18.4. The van der Waals surface area contributed by atoms with Crippen molar-refractivity contribution in [1.82, 2.24) is 14.7 Å². The van der Waals surface area contributed by atoms with Gasteiger partial charge in [-0.15, -0.1) is 0 Å². The number of hydrogen-bond acceptors (Lipinski definition) is 15. The van der Waals surface area contributed by atoms with Gasteiger partial charge in [0.1, 0.15) is 40.6 Å². The first-order valence-corrected chi connectivity index (χ1v) is 19.8. The van der Waals surface area contributed by atoms with Crippen molar-refractivity contribution < 1.29 is 57.2 Å². The van der Waals surface area contributed by atoms with Crippen molar-refractivity contribution in [2.45, 2.75) is 138 Å². The molecule has 0 heterocycles. The second kappa shape index (κ2) is 23.4. The monoisotopic (exact) mass is 819 g/mol. The van der Waals surface area contributed by atoms with Gasteiger partial charge in [0, 0.05) is 45.4 Å². The lowest BCUT2D eigenvalue weighted by Gasteiger charge is -2.30. The maximum Gasteiger partial charge on any atom is 0.320 e. The molecule has 0 spiro atoms. The third kappa shape index (κ3) is 26.7. The Labute approximate surface area is 345 Å². The molecule has 15 nitrogen and oxygen atoms in total. The molecule has 0 bridgehead atoms. The van der Waals surface area contributed by atoms with E-state index in [1.165, 1.54) is 6.92 Å². The van der Waals surface area contributed by atoms with Gasteiger partial charge in [-0.25, -0.2) is 0 Å². The summed E-state index contributed by atoms with van der Waals surface area (Å²) < 4.78 is 27.8. The highest BCUT2D eigenvalue weighted by Crippen LogP contribution is 2.15. The van der Waals surface area contributed by atoms with Crippen molar-refractivity contribution >= 4 is 41.4 Å². The second-order valence-electron chi connectivity index (χ2n) is 18.4. The quantitative estimate of drug-likeness (QED) is 0.112. The summed E-state index contributed by atoms with van der Waals surface area (Å²) in [5.41, 5.74) is -1.75. The minimum absolute atomic E-state index is 0.0734. The van der Waals surface area contributed by atoms with Gasteiger partial charge in [-0.1, -0.05) is 24.3 Å². The summed E-state index contributed by atoms with van der Waals surface area (Å²) in [5, 5.41) is 0. The summed E-state index contributed by atoms with van der Waals surface area (Å²) in [5.74, 6) is -3.00. The van der Waals surface area contributed by atoms with E-state index in [1.54, 1.807) is 122 Å². The van der Waals surface area contributed by atoms with Gasteiger partial charge in [0.15, 0.2) is 0 Å². The van der Waals surface area contributed by atoms with Crippen LogP contribution in [0.1, 0.15) is 114 Å². The lowest BCUT2D eigenvalue weighted by atomic mass is 10.0. The smallest absolute Gasteiger partial charge is 0.320 e. The highest BCUT2D eigenvalue weighted by Gasteiger charge is 2.27. The zero-order valence-electron chi connectivity index (χ0n) is 37.2. The summed E-state index contributed by atoms with van der Waals surface area (Å²) in [7, 11) is 0. The van der Waals surface area contributed by atoms with Gasteiger partial charge in [-0.2, -0.15) is 0 Å². The summed E-state index contributed by atoms with van der Waals surface area (Å²) in [6.45, 7) is 21.5. The maximum atomic E-state index is 13.5. The summed E-state index contributed by atoms with van der Waals surface area (Å²) in [6, 6.07) is 7.08. The highest BCUT2D eigenvalue weighted by molar-refractivity contribution is 5.86. The Bertz CT molecular complexity index is 1420. The van der Waals surface area contributed by atoms with Crippen LogP contribution in [0.4, 0.5) is 0 Å². The van der Waals surface area contributed by atoms with E-state index in [9.17, 15) is 33.6 Å². The zero-order chi connectivity index (χ0) is 44.5. The Kier molecular flexibility index (Phi) is 20.9. The molecule has 0 aliphatic carbocycles. The highest BCUT2D eigenvalue weighted by atomic mass is 16.6. The lowest BCUT2D eigenvalue weighted by Crippen LogP contribution is -2.47. The molecule has 0 saturated carbocycles. The fraction of sp³-hybridized carbons (Fsp3) is 0.698. The number of ether oxygens (including phenoxy) is 5. The van der Waals surface area contributed by atoms with Crippen LogP contribution in [0.3, 0.4) is 0 Å². The van der Waals surface area contributed by atoms with Crippen LogP contribution >= 0.6 is 0 Å². The molecule has 0 aliphatic rings. The Morgan fingerprint density at radius 1 is 0.466 bits per heavy atom. The van der Waals surface area contributed by atoms with Gasteiger partial charge >= 0.3 is 29.8 Å². The van der Waals surface area contributed by atoms with Crippen molar-refractivity contribution in [1.29, 1.82) is 0 Å². The number of nitrogens with zero attached hydrogens (tertiary/aromatic N) is 3. The first kappa shape index (κ1) is 51.8. The number of rotatable bonds is 23. The number of Topliss-reactive ketones (excluding diaryl/α,β-unsaturated/α-hetero) is 2. The van der Waals surface area contributed by atoms with Gasteiger partial charge in [-0.3, -0.25) is 43.5 Å². The summed E-state index contributed by atoms with van der Waals surface area (Å²) in [6.07, 6.45) is 0.366. The predicted octanol–water partition coefficient (Wildman–Crippen LogP) is 4.48. The first-order chi connectivity index (χ1) is 26.5. The number of hydrogen-bond donors (Lipinski definition) is 0. The van der Waals surface area contributed by atoms with E-state index >= 15 is 0 Å². The van der Waals surface area contributed by atoms with E-state index in [0.717, 1.165) is 0 Å².